The van der Waals surface area contributed by atoms with Crippen LogP contribution in [0.4, 0.5) is 0 Å². The number of amides is 1. The minimum atomic E-state index is 0.153. The summed E-state index contributed by atoms with van der Waals surface area (Å²) in [5.41, 5.74) is 0. The molecule has 2 fully saturated rings. The summed E-state index contributed by atoms with van der Waals surface area (Å²) in [6.07, 6.45) is 2.84. The van der Waals surface area contributed by atoms with Gasteiger partial charge in [0, 0.05) is 39.5 Å². The van der Waals surface area contributed by atoms with Gasteiger partial charge >= 0.3 is 0 Å². The summed E-state index contributed by atoms with van der Waals surface area (Å²) >= 11 is 0. The van der Waals surface area contributed by atoms with E-state index in [1.807, 2.05) is 6.92 Å². The van der Waals surface area contributed by atoms with Gasteiger partial charge in [-0.05, 0) is 45.3 Å². The van der Waals surface area contributed by atoms with Crippen LogP contribution in [-0.2, 0) is 4.79 Å². The Bertz CT molecular complexity index is 560. The Morgan fingerprint density at radius 3 is 2.40 bits per heavy atom. The highest BCUT2D eigenvalue weighted by Crippen LogP contribution is 2.28. The van der Waals surface area contributed by atoms with Crippen molar-refractivity contribution in [3.63, 3.8) is 0 Å². The van der Waals surface area contributed by atoms with Crippen LogP contribution in [0.2, 0.25) is 0 Å². The van der Waals surface area contributed by atoms with Gasteiger partial charge in [-0.2, -0.15) is 0 Å². The zero-order valence-corrected chi connectivity index (χ0v) is 15.8. The molecule has 0 saturated carbocycles. The Labute approximate surface area is 150 Å². The van der Waals surface area contributed by atoms with Crippen LogP contribution in [0.15, 0.2) is 4.42 Å². The van der Waals surface area contributed by atoms with E-state index in [4.69, 9.17) is 4.42 Å². The van der Waals surface area contributed by atoms with Crippen molar-refractivity contribution in [3.8, 4) is 0 Å². The number of aryl methyl sites for hydroxylation is 1. The van der Waals surface area contributed by atoms with Gasteiger partial charge in [-0.15, -0.1) is 10.2 Å². The van der Waals surface area contributed by atoms with Crippen molar-refractivity contribution in [1.82, 2.24) is 24.9 Å². The van der Waals surface area contributed by atoms with Crippen molar-refractivity contribution in [2.24, 2.45) is 5.92 Å². The first-order valence-corrected chi connectivity index (χ1v) is 9.61. The summed E-state index contributed by atoms with van der Waals surface area (Å²) in [5, 5.41) is 8.06. The molecule has 2 aliphatic rings. The van der Waals surface area contributed by atoms with E-state index in [0.717, 1.165) is 58.7 Å². The quantitative estimate of drug-likeness (QED) is 0.806. The number of rotatable bonds is 5. The fourth-order valence-corrected chi connectivity index (χ4v) is 3.87. The number of carbonyl (C=O) groups excluding carboxylic acids is 1. The zero-order chi connectivity index (χ0) is 17.8. The average Bonchev–Trinajstić information content (AvgIpc) is 3.08. The number of piperazine rings is 1. The molecular weight excluding hydrogens is 318 g/mol. The van der Waals surface area contributed by atoms with Crippen LogP contribution in [0.5, 0.6) is 0 Å². The van der Waals surface area contributed by atoms with E-state index in [9.17, 15) is 4.79 Å². The number of hydrogen-bond acceptors (Lipinski definition) is 6. The Morgan fingerprint density at radius 2 is 1.84 bits per heavy atom. The van der Waals surface area contributed by atoms with Crippen molar-refractivity contribution in [2.45, 2.75) is 46.1 Å². The lowest BCUT2D eigenvalue weighted by Crippen LogP contribution is -2.49. The maximum absolute atomic E-state index is 12.6. The summed E-state index contributed by atoms with van der Waals surface area (Å²) in [4.78, 5) is 19.4. The molecule has 1 aromatic heterocycles. The number of carbonyl (C=O) groups is 1. The van der Waals surface area contributed by atoms with Crippen LogP contribution in [0.3, 0.4) is 0 Å². The summed E-state index contributed by atoms with van der Waals surface area (Å²) < 4.78 is 5.56. The molecule has 0 bridgehead atoms. The Hall–Kier alpha value is -1.47. The van der Waals surface area contributed by atoms with E-state index in [0.29, 0.717) is 30.0 Å². The van der Waals surface area contributed by atoms with Gasteiger partial charge in [-0.3, -0.25) is 9.69 Å². The van der Waals surface area contributed by atoms with Crippen molar-refractivity contribution < 1.29 is 9.21 Å². The zero-order valence-electron chi connectivity index (χ0n) is 15.8. The first-order chi connectivity index (χ1) is 12.1. The summed E-state index contributed by atoms with van der Waals surface area (Å²) in [6, 6.07) is 0.153. The molecule has 1 amide bonds. The molecule has 1 aromatic rings. The predicted molar refractivity (Wildman–Crippen MR) is 95.1 cm³/mol. The molecule has 0 aliphatic carbocycles. The van der Waals surface area contributed by atoms with Gasteiger partial charge in [-0.25, -0.2) is 0 Å². The molecule has 0 aromatic carbocycles. The van der Waals surface area contributed by atoms with Crippen LogP contribution in [-0.4, -0.2) is 76.6 Å². The first-order valence-electron chi connectivity index (χ1n) is 9.61. The van der Waals surface area contributed by atoms with Crippen molar-refractivity contribution in [3.05, 3.63) is 11.8 Å². The molecule has 0 unspecified atom stereocenters. The Kier molecular flexibility index (Phi) is 6.06. The van der Waals surface area contributed by atoms with E-state index in [-0.39, 0.29) is 6.04 Å². The van der Waals surface area contributed by atoms with Crippen molar-refractivity contribution >= 4 is 5.91 Å². The summed E-state index contributed by atoms with van der Waals surface area (Å²) in [6.45, 7) is 13.0. The standard InChI is InChI=1S/C18H31N5O2/c1-4-21-9-11-23(12-10-21)17(24)13-16-5-7-22(8-6-16)14(2)18-20-19-15(3)25-18/h14,16H,4-13H2,1-3H3/t14-/m1/s1. The number of likely N-dealkylation sites (tertiary alicyclic amines) is 1. The van der Waals surface area contributed by atoms with E-state index < -0.39 is 0 Å². The molecule has 7 nitrogen and oxygen atoms in total. The van der Waals surface area contributed by atoms with Gasteiger partial charge < -0.3 is 14.2 Å². The van der Waals surface area contributed by atoms with Gasteiger partial charge in [0.05, 0.1) is 6.04 Å². The number of nitrogens with zero attached hydrogens (tertiary/aromatic N) is 5. The van der Waals surface area contributed by atoms with E-state index in [1.54, 1.807) is 0 Å². The Balaban J connectivity index is 1.42. The van der Waals surface area contributed by atoms with Gasteiger partial charge in [0.2, 0.25) is 17.7 Å². The molecule has 2 aliphatic heterocycles. The van der Waals surface area contributed by atoms with E-state index in [2.05, 4.69) is 38.7 Å². The van der Waals surface area contributed by atoms with E-state index in [1.165, 1.54) is 0 Å². The molecule has 0 N–H and O–H groups in total. The molecule has 25 heavy (non-hydrogen) atoms. The minimum absolute atomic E-state index is 0.153. The monoisotopic (exact) mass is 349 g/mol. The lowest BCUT2D eigenvalue weighted by molar-refractivity contribution is -0.134. The molecular formula is C18H31N5O2. The van der Waals surface area contributed by atoms with Gasteiger partial charge in [0.25, 0.3) is 0 Å². The fraction of sp³-hybridized carbons (Fsp3) is 0.833. The molecule has 7 heteroatoms. The molecule has 140 valence electrons. The first kappa shape index (κ1) is 18.3. The third-order valence-electron chi connectivity index (χ3n) is 5.73. The normalized spacial score (nSPS) is 22.3. The fourth-order valence-electron chi connectivity index (χ4n) is 3.87. The highest BCUT2D eigenvalue weighted by molar-refractivity contribution is 5.76. The third-order valence-corrected chi connectivity index (χ3v) is 5.73. The number of piperidine rings is 1. The molecule has 1 atom stereocenters. The SMILES string of the molecule is CCN1CCN(C(=O)CC2CCN([C@H](C)c3nnc(C)o3)CC2)CC1. The van der Waals surface area contributed by atoms with Gasteiger partial charge in [0.1, 0.15) is 0 Å². The number of hydrogen-bond donors (Lipinski definition) is 0. The molecule has 3 rings (SSSR count). The highest BCUT2D eigenvalue weighted by Gasteiger charge is 2.29. The molecule has 0 radical (unpaired) electrons. The van der Waals surface area contributed by atoms with E-state index >= 15 is 0 Å². The van der Waals surface area contributed by atoms with Crippen LogP contribution >= 0.6 is 0 Å². The maximum atomic E-state index is 12.6. The van der Waals surface area contributed by atoms with Crippen molar-refractivity contribution in [1.29, 1.82) is 0 Å². The van der Waals surface area contributed by atoms with Crippen LogP contribution < -0.4 is 0 Å². The lowest BCUT2D eigenvalue weighted by atomic mass is 9.92. The summed E-state index contributed by atoms with van der Waals surface area (Å²) in [5.74, 6) is 2.16. The van der Waals surface area contributed by atoms with Crippen LogP contribution in [0.1, 0.15) is 50.9 Å². The largest absolute Gasteiger partial charge is 0.424 e. The topological polar surface area (TPSA) is 65.7 Å². The van der Waals surface area contributed by atoms with Crippen LogP contribution in [0.25, 0.3) is 0 Å². The van der Waals surface area contributed by atoms with Gasteiger partial charge in [-0.1, -0.05) is 6.92 Å². The second-order valence-corrected chi connectivity index (χ2v) is 7.33. The van der Waals surface area contributed by atoms with Gasteiger partial charge in [0.15, 0.2) is 0 Å². The number of aromatic nitrogens is 2. The minimum Gasteiger partial charge on any atom is -0.424 e. The second-order valence-electron chi connectivity index (χ2n) is 7.33. The molecule has 2 saturated heterocycles. The van der Waals surface area contributed by atoms with Crippen LogP contribution in [0, 0.1) is 12.8 Å². The smallest absolute Gasteiger partial charge is 0.233 e. The number of likely N-dealkylation sites (N-methyl/N-ethyl adjacent to an activating group) is 1. The molecule has 3 heterocycles. The maximum Gasteiger partial charge on any atom is 0.233 e. The highest BCUT2D eigenvalue weighted by atomic mass is 16.4. The second kappa shape index (κ2) is 8.27. The Morgan fingerprint density at radius 1 is 1.16 bits per heavy atom. The molecule has 0 spiro atoms. The third kappa shape index (κ3) is 4.58. The summed E-state index contributed by atoms with van der Waals surface area (Å²) in [7, 11) is 0. The van der Waals surface area contributed by atoms with Crippen molar-refractivity contribution in [2.75, 3.05) is 45.8 Å². The lowest BCUT2D eigenvalue weighted by Gasteiger charge is -2.37. The average molecular weight is 349 g/mol. The predicted octanol–water partition coefficient (Wildman–Crippen LogP) is 1.71.